The first kappa shape index (κ1) is 14.6. The molecule has 2 rings (SSSR count). The van der Waals surface area contributed by atoms with Gasteiger partial charge in [0.1, 0.15) is 4.99 Å². The van der Waals surface area contributed by atoms with E-state index in [-0.39, 0.29) is 0 Å². The summed E-state index contributed by atoms with van der Waals surface area (Å²) < 4.78 is 11.6. The van der Waals surface area contributed by atoms with Gasteiger partial charge in [-0.1, -0.05) is 12.2 Å². The monoisotopic (exact) mass is 343 g/mol. The lowest BCUT2D eigenvalue weighted by atomic mass is 10.1. The minimum absolute atomic E-state index is 0.708. The molecule has 0 amide bonds. The number of hydrogen-bond acceptors (Lipinski definition) is 3. The van der Waals surface area contributed by atoms with Crippen LogP contribution in [0.4, 0.5) is 0 Å². The predicted molar refractivity (Wildman–Crippen MR) is 84.4 cm³/mol. The molecule has 0 N–H and O–H groups in total. The van der Waals surface area contributed by atoms with Gasteiger partial charge in [-0.2, -0.15) is 0 Å². The van der Waals surface area contributed by atoms with Crippen LogP contribution in [0.3, 0.4) is 0 Å². The van der Waals surface area contributed by atoms with E-state index in [4.69, 9.17) is 21.7 Å². The van der Waals surface area contributed by atoms with Gasteiger partial charge in [-0.15, -0.1) is 0 Å². The molecule has 19 heavy (non-hydrogen) atoms. The quantitative estimate of drug-likeness (QED) is 0.781. The molecule has 0 aromatic heterocycles. The summed E-state index contributed by atoms with van der Waals surface area (Å²) in [4.78, 5) is 3.15. The first-order valence-corrected chi connectivity index (χ1v) is 7.58. The summed E-state index contributed by atoms with van der Waals surface area (Å²) >= 11 is 9.18. The molecular weight excluding hydrogens is 326 g/mol. The van der Waals surface area contributed by atoms with Gasteiger partial charge < -0.3 is 14.4 Å². The average molecular weight is 344 g/mol. The second-order valence-corrected chi connectivity index (χ2v) is 5.78. The third kappa shape index (κ3) is 3.20. The fourth-order valence-corrected chi connectivity index (χ4v) is 3.28. The van der Waals surface area contributed by atoms with Crippen LogP contribution in [0.25, 0.3) is 0 Å². The van der Waals surface area contributed by atoms with Gasteiger partial charge in [0, 0.05) is 23.1 Å². The first-order chi connectivity index (χ1) is 9.17. The standard InChI is InChI=1S/C14H18BrNO2S/c1-17-12-8-10(11(15)9-13(12)18-2)14(19)16-6-4-3-5-7-16/h8-9H,3-7H2,1-2H3. The van der Waals surface area contributed by atoms with Crippen molar-refractivity contribution < 1.29 is 9.47 Å². The zero-order valence-corrected chi connectivity index (χ0v) is 13.6. The fourth-order valence-electron chi connectivity index (χ4n) is 2.29. The van der Waals surface area contributed by atoms with Gasteiger partial charge in [-0.05, 0) is 47.3 Å². The van der Waals surface area contributed by atoms with Gasteiger partial charge >= 0.3 is 0 Å². The van der Waals surface area contributed by atoms with Crippen molar-refractivity contribution in [3.63, 3.8) is 0 Å². The SMILES string of the molecule is COc1cc(Br)c(C(=S)N2CCCCC2)cc1OC. The molecule has 1 heterocycles. The Hall–Kier alpha value is -0.810. The summed E-state index contributed by atoms with van der Waals surface area (Å²) in [5, 5.41) is 0. The van der Waals surface area contributed by atoms with Crippen LogP contribution in [0.15, 0.2) is 16.6 Å². The number of hydrogen-bond donors (Lipinski definition) is 0. The molecule has 1 aliphatic heterocycles. The van der Waals surface area contributed by atoms with Crippen molar-refractivity contribution in [1.29, 1.82) is 0 Å². The Morgan fingerprint density at radius 3 is 2.26 bits per heavy atom. The number of piperidine rings is 1. The molecule has 3 nitrogen and oxygen atoms in total. The third-order valence-corrected chi connectivity index (χ3v) is 4.48. The Morgan fingerprint density at radius 1 is 1.11 bits per heavy atom. The molecule has 0 bridgehead atoms. The van der Waals surface area contributed by atoms with Gasteiger partial charge in [0.25, 0.3) is 0 Å². The molecule has 1 fully saturated rings. The van der Waals surface area contributed by atoms with Crippen molar-refractivity contribution in [2.24, 2.45) is 0 Å². The molecule has 0 atom stereocenters. The normalized spacial score (nSPS) is 15.2. The first-order valence-electron chi connectivity index (χ1n) is 6.38. The van der Waals surface area contributed by atoms with Crippen molar-refractivity contribution in [2.45, 2.75) is 19.3 Å². The van der Waals surface area contributed by atoms with E-state index >= 15 is 0 Å². The molecule has 0 spiro atoms. The second kappa shape index (κ2) is 6.57. The van der Waals surface area contributed by atoms with E-state index < -0.39 is 0 Å². The molecule has 1 aromatic rings. The number of nitrogens with zero attached hydrogens (tertiary/aromatic N) is 1. The van der Waals surface area contributed by atoms with Crippen LogP contribution in [0.1, 0.15) is 24.8 Å². The van der Waals surface area contributed by atoms with E-state index in [1.54, 1.807) is 14.2 Å². The number of thiocarbonyl (C=S) groups is 1. The van der Waals surface area contributed by atoms with Crippen LogP contribution in [-0.4, -0.2) is 37.2 Å². The summed E-state index contributed by atoms with van der Waals surface area (Å²) in [7, 11) is 3.27. The summed E-state index contributed by atoms with van der Waals surface area (Å²) in [6, 6.07) is 3.85. The van der Waals surface area contributed by atoms with E-state index in [0.29, 0.717) is 11.5 Å². The van der Waals surface area contributed by atoms with Crippen LogP contribution >= 0.6 is 28.1 Å². The minimum atomic E-state index is 0.708. The molecule has 0 saturated carbocycles. The molecule has 1 aromatic carbocycles. The van der Waals surface area contributed by atoms with Gasteiger partial charge in [-0.3, -0.25) is 0 Å². The number of rotatable bonds is 3. The van der Waals surface area contributed by atoms with Crippen molar-refractivity contribution in [2.75, 3.05) is 27.3 Å². The average Bonchev–Trinajstić information content (AvgIpc) is 2.47. The molecule has 0 radical (unpaired) electrons. The maximum absolute atomic E-state index is 5.61. The zero-order chi connectivity index (χ0) is 13.8. The molecular formula is C14H18BrNO2S. The lowest BCUT2D eigenvalue weighted by Crippen LogP contribution is -2.35. The third-order valence-electron chi connectivity index (χ3n) is 3.35. The summed E-state index contributed by atoms with van der Waals surface area (Å²) in [6.07, 6.45) is 3.72. The number of halogens is 1. The maximum Gasteiger partial charge on any atom is 0.161 e. The van der Waals surface area contributed by atoms with E-state index in [0.717, 1.165) is 28.1 Å². The highest BCUT2D eigenvalue weighted by Crippen LogP contribution is 2.34. The van der Waals surface area contributed by atoms with Crippen LogP contribution in [0.2, 0.25) is 0 Å². The summed E-state index contributed by atoms with van der Waals surface area (Å²) in [5.41, 5.74) is 0.995. The molecule has 0 aliphatic carbocycles. The molecule has 5 heteroatoms. The van der Waals surface area contributed by atoms with E-state index in [2.05, 4.69) is 20.8 Å². The molecule has 0 unspecified atom stereocenters. The van der Waals surface area contributed by atoms with Crippen LogP contribution < -0.4 is 9.47 Å². The van der Waals surface area contributed by atoms with E-state index in [9.17, 15) is 0 Å². The number of ether oxygens (including phenoxy) is 2. The largest absolute Gasteiger partial charge is 0.493 e. The van der Waals surface area contributed by atoms with E-state index in [1.165, 1.54) is 19.3 Å². The lowest BCUT2D eigenvalue weighted by molar-refractivity contribution is 0.346. The Labute approximate surface area is 128 Å². The minimum Gasteiger partial charge on any atom is -0.493 e. The summed E-state index contributed by atoms with van der Waals surface area (Å²) in [5.74, 6) is 1.42. The van der Waals surface area contributed by atoms with Crippen LogP contribution in [0.5, 0.6) is 11.5 Å². The maximum atomic E-state index is 5.61. The van der Waals surface area contributed by atoms with Crippen molar-refractivity contribution in [3.8, 4) is 11.5 Å². The van der Waals surface area contributed by atoms with Crippen molar-refractivity contribution in [1.82, 2.24) is 4.90 Å². The number of methoxy groups -OCH3 is 2. The Morgan fingerprint density at radius 2 is 1.68 bits per heavy atom. The molecule has 1 aliphatic rings. The number of benzene rings is 1. The van der Waals surface area contributed by atoms with E-state index in [1.807, 2.05) is 12.1 Å². The highest BCUT2D eigenvalue weighted by atomic mass is 79.9. The van der Waals surface area contributed by atoms with Gasteiger partial charge in [0.05, 0.1) is 14.2 Å². The van der Waals surface area contributed by atoms with Gasteiger partial charge in [0.15, 0.2) is 11.5 Å². The highest BCUT2D eigenvalue weighted by molar-refractivity contribution is 9.10. The van der Waals surface area contributed by atoms with Crippen molar-refractivity contribution >= 4 is 33.1 Å². The van der Waals surface area contributed by atoms with Crippen molar-refractivity contribution in [3.05, 3.63) is 22.2 Å². The molecule has 104 valence electrons. The number of likely N-dealkylation sites (tertiary alicyclic amines) is 1. The van der Waals surface area contributed by atoms with Crippen LogP contribution in [0, 0.1) is 0 Å². The topological polar surface area (TPSA) is 21.7 Å². The van der Waals surface area contributed by atoms with Gasteiger partial charge in [0.2, 0.25) is 0 Å². The van der Waals surface area contributed by atoms with Gasteiger partial charge in [-0.25, -0.2) is 0 Å². The smallest absolute Gasteiger partial charge is 0.161 e. The zero-order valence-electron chi connectivity index (χ0n) is 11.2. The van der Waals surface area contributed by atoms with Crippen LogP contribution in [-0.2, 0) is 0 Å². The second-order valence-electron chi connectivity index (χ2n) is 4.54. The summed E-state index contributed by atoms with van der Waals surface area (Å²) in [6.45, 7) is 2.08. The predicted octanol–water partition coefficient (Wildman–Crippen LogP) is 3.63. The Balaban J connectivity index is 2.30. The lowest BCUT2D eigenvalue weighted by Gasteiger charge is -2.29. The Kier molecular flexibility index (Phi) is 5.05. The molecule has 1 saturated heterocycles. The fraction of sp³-hybridized carbons (Fsp3) is 0.500. The highest BCUT2D eigenvalue weighted by Gasteiger charge is 2.19. The Bertz CT molecular complexity index is 473.